The molecule has 1 N–H and O–H groups in total. The van der Waals surface area contributed by atoms with Gasteiger partial charge in [0.1, 0.15) is 0 Å². The van der Waals surface area contributed by atoms with Crippen LogP contribution < -0.4 is 10.2 Å². The van der Waals surface area contributed by atoms with E-state index in [0.29, 0.717) is 17.9 Å². The maximum Gasteiger partial charge on any atom is 0.257 e. The average Bonchev–Trinajstić information content (AvgIpc) is 3.08. The quantitative estimate of drug-likeness (QED) is 0.934. The molecule has 1 aromatic carbocycles. The second-order valence-electron chi connectivity index (χ2n) is 5.01. The van der Waals surface area contributed by atoms with Gasteiger partial charge in [0.15, 0.2) is 0 Å². The van der Waals surface area contributed by atoms with Crippen molar-refractivity contribution >= 4 is 23.5 Å². The number of aryl methyl sites for hydroxylation is 1. The lowest BCUT2D eigenvalue weighted by molar-refractivity contribution is -0.117. The number of nitrogens with zero attached hydrogens (tertiary/aromatic N) is 3. The van der Waals surface area contributed by atoms with Gasteiger partial charge in [0.25, 0.3) is 5.91 Å². The van der Waals surface area contributed by atoms with Crippen molar-refractivity contribution in [3.63, 3.8) is 0 Å². The third kappa shape index (κ3) is 2.65. The standard InChI is InChI=1S/C15H16N4O2/c1-18-10-8-16-15(18)17-14(21)11-4-6-12(7-5-11)19-9-2-3-13(19)20/h4-8,10H,2-3,9H2,1H3,(H,16,17,21). The largest absolute Gasteiger partial charge is 0.320 e. The molecule has 1 aliphatic heterocycles. The van der Waals surface area contributed by atoms with Gasteiger partial charge < -0.3 is 9.47 Å². The molecule has 0 unspecified atom stereocenters. The molecule has 0 aliphatic carbocycles. The number of imidazole rings is 1. The van der Waals surface area contributed by atoms with Crippen LogP contribution in [0.4, 0.5) is 11.6 Å². The van der Waals surface area contributed by atoms with Crippen molar-refractivity contribution in [1.82, 2.24) is 9.55 Å². The molecule has 0 atom stereocenters. The van der Waals surface area contributed by atoms with Crippen LogP contribution >= 0.6 is 0 Å². The fraction of sp³-hybridized carbons (Fsp3) is 0.267. The van der Waals surface area contributed by atoms with Gasteiger partial charge in [-0.3, -0.25) is 14.9 Å². The molecule has 108 valence electrons. The third-order valence-electron chi connectivity index (χ3n) is 3.56. The number of rotatable bonds is 3. The van der Waals surface area contributed by atoms with Gasteiger partial charge in [-0.1, -0.05) is 0 Å². The zero-order valence-corrected chi connectivity index (χ0v) is 11.7. The molecule has 2 amide bonds. The van der Waals surface area contributed by atoms with Crippen LogP contribution in [0.15, 0.2) is 36.7 Å². The van der Waals surface area contributed by atoms with E-state index in [4.69, 9.17) is 0 Å². The Hall–Kier alpha value is -2.63. The summed E-state index contributed by atoms with van der Waals surface area (Å²) in [5.74, 6) is 0.419. The first-order valence-corrected chi connectivity index (χ1v) is 6.84. The van der Waals surface area contributed by atoms with Crippen LogP contribution in [0.1, 0.15) is 23.2 Å². The van der Waals surface area contributed by atoms with E-state index < -0.39 is 0 Å². The Kier molecular flexibility index (Phi) is 3.43. The number of nitrogens with one attached hydrogen (secondary N) is 1. The Bertz CT molecular complexity index is 675. The highest BCUT2D eigenvalue weighted by atomic mass is 16.2. The fourth-order valence-electron chi connectivity index (χ4n) is 2.37. The van der Waals surface area contributed by atoms with Crippen LogP contribution in [0.3, 0.4) is 0 Å². The smallest absolute Gasteiger partial charge is 0.257 e. The summed E-state index contributed by atoms with van der Waals surface area (Å²) >= 11 is 0. The summed E-state index contributed by atoms with van der Waals surface area (Å²) in [6.07, 6.45) is 4.87. The Morgan fingerprint density at radius 3 is 2.62 bits per heavy atom. The first-order valence-electron chi connectivity index (χ1n) is 6.84. The summed E-state index contributed by atoms with van der Waals surface area (Å²) in [6, 6.07) is 7.05. The zero-order valence-electron chi connectivity index (χ0n) is 11.7. The Labute approximate surface area is 122 Å². The van der Waals surface area contributed by atoms with E-state index in [2.05, 4.69) is 10.3 Å². The number of aromatic nitrogens is 2. The molecule has 21 heavy (non-hydrogen) atoms. The lowest BCUT2D eigenvalue weighted by atomic mass is 10.2. The molecule has 0 spiro atoms. The van der Waals surface area contributed by atoms with Crippen molar-refractivity contribution in [3.8, 4) is 0 Å². The summed E-state index contributed by atoms with van der Waals surface area (Å²) in [5.41, 5.74) is 1.37. The molecular weight excluding hydrogens is 268 g/mol. The monoisotopic (exact) mass is 284 g/mol. The minimum atomic E-state index is -0.219. The molecule has 1 fully saturated rings. The minimum absolute atomic E-state index is 0.139. The number of hydrogen-bond acceptors (Lipinski definition) is 3. The normalized spacial score (nSPS) is 14.5. The van der Waals surface area contributed by atoms with Crippen molar-refractivity contribution in [2.24, 2.45) is 7.05 Å². The highest BCUT2D eigenvalue weighted by Crippen LogP contribution is 2.21. The summed E-state index contributed by atoms with van der Waals surface area (Å²) in [6.45, 7) is 0.748. The highest BCUT2D eigenvalue weighted by Gasteiger charge is 2.21. The van der Waals surface area contributed by atoms with Crippen molar-refractivity contribution in [1.29, 1.82) is 0 Å². The van der Waals surface area contributed by atoms with E-state index in [9.17, 15) is 9.59 Å². The van der Waals surface area contributed by atoms with E-state index in [1.54, 1.807) is 46.1 Å². The number of carbonyl (C=O) groups excluding carboxylic acids is 2. The Balaban J connectivity index is 1.73. The van der Waals surface area contributed by atoms with Crippen LogP contribution in [0, 0.1) is 0 Å². The van der Waals surface area contributed by atoms with Crippen molar-refractivity contribution in [2.75, 3.05) is 16.8 Å². The summed E-state index contributed by atoms with van der Waals surface area (Å²) in [5, 5.41) is 2.74. The van der Waals surface area contributed by atoms with Crippen LogP contribution in [-0.2, 0) is 11.8 Å². The summed E-state index contributed by atoms with van der Waals surface area (Å²) in [7, 11) is 1.81. The van der Waals surface area contributed by atoms with Gasteiger partial charge >= 0.3 is 0 Å². The molecule has 1 aliphatic rings. The summed E-state index contributed by atoms with van der Waals surface area (Å²) in [4.78, 5) is 29.6. The Morgan fingerprint density at radius 1 is 1.29 bits per heavy atom. The van der Waals surface area contributed by atoms with E-state index in [0.717, 1.165) is 18.7 Å². The SMILES string of the molecule is Cn1ccnc1NC(=O)c1ccc(N2CCCC2=O)cc1. The van der Waals surface area contributed by atoms with Gasteiger partial charge in [0, 0.05) is 43.7 Å². The predicted molar refractivity (Wildman–Crippen MR) is 79.2 cm³/mol. The molecule has 1 saturated heterocycles. The van der Waals surface area contributed by atoms with E-state index in [-0.39, 0.29) is 11.8 Å². The minimum Gasteiger partial charge on any atom is -0.320 e. The van der Waals surface area contributed by atoms with E-state index in [1.165, 1.54) is 0 Å². The van der Waals surface area contributed by atoms with Gasteiger partial charge in [0.2, 0.25) is 11.9 Å². The molecule has 0 radical (unpaired) electrons. The average molecular weight is 284 g/mol. The fourth-order valence-corrected chi connectivity index (χ4v) is 2.37. The molecule has 2 heterocycles. The molecule has 1 aromatic heterocycles. The van der Waals surface area contributed by atoms with Crippen LogP contribution in [0.5, 0.6) is 0 Å². The molecule has 2 aromatic rings. The second-order valence-corrected chi connectivity index (χ2v) is 5.01. The zero-order chi connectivity index (χ0) is 14.8. The van der Waals surface area contributed by atoms with Crippen LogP contribution in [0.25, 0.3) is 0 Å². The van der Waals surface area contributed by atoms with Gasteiger partial charge in [0.05, 0.1) is 0 Å². The van der Waals surface area contributed by atoms with Crippen molar-refractivity contribution in [3.05, 3.63) is 42.2 Å². The molecule has 0 saturated carbocycles. The van der Waals surface area contributed by atoms with E-state index >= 15 is 0 Å². The Morgan fingerprint density at radius 2 is 2.05 bits per heavy atom. The number of amides is 2. The van der Waals surface area contributed by atoms with E-state index in [1.807, 2.05) is 7.05 Å². The highest BCUT2D eigenvalue weighted by molar-refractivity contribution is 6.04. The number of hydrogen-bond donors (Lipinski definition) is 1. The van der Waals surface area contributed by atoms with Crippen molar-refractivity contribution < 1.29 is 9.59 Å². The number of anilines is 2. The lowest BCUT2D eigenvalue weighted by Gasteiger charge is -2.15. The topological polar surface area (TPSA) is 67.2 Å². The molecular formula is C15H16N4O2. The number of carbonyl (C=O) groups is 2. The first-order chi connectivity index (χ1) is 10.1. The van der Waals surface area contributed by atoms with Gasteiger partial charge in [-0.05, 0) is 30.7 Å². The first kappa shape index (κ1) is 13.4. The molecule has 6 heteroatoms. The van der Waals surface area contributed by atoms with Crippen LogP contribution in [-0.4, -0.2) is 27.9 Å². The molecule has 6 nitrogen and oxygen atoms in total. The van der Waals surface area contributed by atoms with Gasteiger partial charge in [-0.2, -0.15) is 0 Å². The summed E-state index contributed by atoms with van der Waals surface area (Å²) < 4.78 is 1.73. The number of benzene rings is 1. The maximum atomic E-state index is 12.1. The third-order valence-corrected chi connectivity index (χ3v) is 3.56. The molecule has 3 rings (SSSR count). The van der Waals surface area contributed by atoms with Crippen molar-refractivity contribution in [2.45, 2.75) is 12.8 Å². The molecule has 0 bridgehead atoms. The maximum absolute atomic E-state index is 12.1. The second kappa shape index (κ2) is 5.40. The lowest BCUT2D eigenvalue weighted by Crippen LogP contribution is -2.23. The predicted octanol–water partition coefficient (Wildman–Crippen LogP) is 1.80. The van der Waals surface area contributed by atoms with Crippen LogP contribution in [0.2, 0.25) is 0 Å². The van der Waals surface area contributed by atoms with Gasteiger partial charge in [-0.15, -0.1) is 0 Å². The van der Waals surface area contributed by atoms with Gasteiger partial charge in [-0.25, -0.2) is 4.98 Å².